The number of hydrogen-bond donors (Lipinski definition) is 8. The molecule has 59 heavy (non-hydrogen) atoms. The fraction of sp³-hybridized carbons (Fsp3) is 0.523. The summed E-state index contributed by atoms with van der Waals surface area (Å²) < 4.78 is 0. The first-order chi connectivity index (χ1) is 28.5. The van der Waals surface area contributed by atoms with Gasteiger partial charge in [0.15, 0.2) is 11.7 Å². The smallest absolute Gasteiger partial charge is 0.245 e. The molecule has 1 aliphatic carbocycles. The second kappa shape index (κ2) is 20.8. The zero-order valence-corrected chi connectivity index (χ0v) is 33.7. The number of fused-ring (bicyclic) bond motifs is 2. The molecule has 3 fully saturated rings. The number of nitrogens with two attached hydrogens (primary N) is 1. The van der Waals surface area contributed by atoms with Gasteiger partial charge < -0.3 is 42.2 Å². The molecule has 0 spiro atoms. The highest BCUT2D eigenvalue weighted by Gasteiger charge is 2.40. The molecule has 316 valence electrons. The summed E-state index contributed by atoms with van der Waals surface area (Å²) in [6.07, 6.45) is 9.16. The second-order valence-corrected chi connectivity index (χ2v) is 16.3. The van der Waals surface area contributed by atoms with Crippen LogP contribution in [0.3, 0.4) is 0 Å². The number of para-hydroxylation sites is 1. The molecule has 2 aliphatic heterocycles. The van der Waals surface area contributed by atoms with Crippen molar-refractivity contribution in [2.75, 3.05) is 13.1 Å². The molecule has 3 aliphatic rings. The minimum Gasteiger partial charge on any atom is -0.370 e. The van der Waals surface area contributed by atoms with Gasteiger partial charge >= 0.3 is 0 Å². The molecule has 5 atom stereocenters. The summed E-state index contributed by atoms with van der Waals surface area (Å²) in [5.74, 6) is -2.75. The van der Waals surface area contributed by atoms with Gasteiger partial charge in [0.1, 0.15) is 24.2 Å². The first-order valence-corrected chi connectivity index (χ1v) is 21.3. The Hall–Kier alpha value is -5.73. The van der Waals surface area contributed by atoms with Gasteiger partial charge in [0.05, 0.1) is 6.04 Å². The molecule has 9 N–H and O–H groups in total. The van der Waals surface area contributed by atoms with Gasteiger partial charge in [-0.1, -0.05) is 80.6 Å². The molecular formula is C44H59N9O6. The van der Waals surface area contributed by atoms with Gasteiger partial charge in [0.25, 0.3) is 0 Å². The average molecular weight is 810 g/mol. The Labute approximate surface area is 345 Å². The number of aryl methyl sites for hydroxylation is 1. The molecule has 15 nitrogen and oxygen atoms in total. The predicted molar refractivity (Wildman–Crippen MR) is 224 cm³/mol. The van der Waals surface area contributed by atoms with E-state index in [-0.39, 0.29) is 68.8 Å². The van der Waals surface area contributed by atoms with Crippen LogP contribution in [-0.2, 0) is 41.6 Å². The Morgan fingerprint density at radius 2 is 1.53 bits per heavy atom. The Morgan fingerprint density at radius 3 is 2.31 bits per heavy atom. The van der Waals surface area contributed by atoms with Crippen LogP contribution in [0.5, 0.6) is 0 Å². The lowest BCUT2D eigenvalue weighted by Gasteiger charge is -2.32. The van der Waals surface area contributed by atoms with E-state index in [1.807, 2.05) is 54.6 Å². The van der Waals surface area contributed by atoms with E-state index in [0.717, 1.165) is 54.1 Å². The van der Waals surface area contributed by atoms with Crippen LogP contribution < -0.4 is 32.3 Å². The van der Waals surface area contributed by atoms with Gasteiger partial charge in [-0.15, -0.1) is 0 Å². The quantitative estimate of drug-likeness (QED) is 0.0769. The largest absolute Gasteiger partial charge is 0.370 e. The molecule has 2 aromatic carbocycles. The standard InChI is InChI=1S/C44H59N9O6/c45-44(46)47-23-9-17-33-38(54)21-20-34(49-39(55)22-19-28-11-3-1-4-12-28)43(59)53-24-10-18-37(53)42(58)52-35(25-29-13-5-2-6-14-29)40(56)51-36(41(57)50-33)26-30-27-48-32-16-8-7-15-31(30)32/h1,3-4,7-8,11-12,15-16,27,29,33-37,48H,2,5-6,9-10,13-14,17-26H2,(H,49,55)(H,50,57)(H,51,56)(H,52,58)(H4,45,46,47)/t33-,34-,35+,36-,37-/m0/s1. The maximum atomic E-state index is 14.4. The van der Waals surface area contributed by atoms with E-state index < -0.39 is 53.8 Å². The van der Waals surface area contributed by atoms with Gasteiger partial charge in [-0.3, -0.25) is 34.2 Å². The van der Waals surface area contributed by atoms with Crippen LogP contribution in [0.25, 0.3) is 10.9 Å². The number of nitrogens with one attached hydrogen (secondary N) is 7. The molecular weight excluding hydrogens is 751 g/mol. The number of benzene rings is 2. The predicted octanol–water partition coefficient (Wildman–Crippen LogP) is 2.87. The first kappa shape index (κ1) is 42.9. The number of amides is 5. The molecule has 5 amide bonds. The van der Waals surface area contributed by atoms with Crippen LogP contribution in [0.15, 0.2) is 60.8 Å². The number of hydrogen-bond acceptors (Lipinski definition) is 7. The van der Waals surface area contributed by atoms with Crippen molar-refractivity contribution in [3.63, 3.8) is 0 Å². The number of rotatable bonds is 12. The summed E-state index contributed by atoms with van der Waals surface area (Å²) in [4.78, 5) is 89.7. The summed E-state index contributed by atoms with van der Waals surface area (Å²) in [6, 6.07) is 12.1. The monoisotopic (exact) mass is 809 g/mol. The minimum atomic E-state index is -1.10. The Morgan fingerprint density at radius 1 is 0.814 bits per heavy atom. The number of Topliss-reactive ketones (excluding diaryl/α,β-unsaturated/α-hetero) is 1. The van der Waals surface area contributed by atoms with E-state index in [2.05, 4.69) is 31.6 Å². The summed E-state index contributed by atoms with van der Waals surface area (Å²) in [5.41, 5.74) is 8.12. The maximum Gasteiger partial charge on any atom is 0.245 e. The number of nitrogens with zero attached hydrogens (tertiary/aromatic N) is 1. The van der Waals surface area contributed by atoms with E-state index in [1.54, 1.807) is 6.20 Å². The zero-order valence-electron chi connectivity index (χ0n) is 33.7. The van der Waals surface area contributed by atoms with Crippen LogP contribution in [0.1, 0.15) is 94.6 Å². The van der Waals surface area contributed by atoms with Gasteiger partial charge in [-0.2, -0.15) is 0 Å². The van der Waals surface area contributed by atoms with Gasteiger partial charge in [0, 0.05) is 49.5 Å². The van der Waals surface area contributed by atoms with Crippen LogP contribution in [0, 0.1) is 11.3 Å². The minimum absolute atomic E-state index is 0.0442. The highest BCUT2D eigenvalue weighted by molar-refractivity contribution is 5.98. The van der Waals surface area contributed by atoms with Gasteiger partial charge in [-0.05, 0) is 68.1 Å². The van der Waals surface area contributed by atoms with Crippen LogP contribution in [-0.4, -0.2) is 94.5 Å². The lowest BCUT2D eigenvalue weighted by atomic mass is 9.84. The third kappa shape index (κ3) is 11.9. The van der Waals surface area contributed by atoms with Gasteiger partial charge in [0.2, 0.25) is 29.5 Å². The molecule has 1 aromatic heterocycles. The molecule has 2 saturated heterocycles. The highest BCUT2D eigenvalue weighted by atomic mass is 16.2. The van der Waals surface area contributed by atoms with Crippen LogP contribution in [0.4, 0.5) is 0 Å². The van der Waals surface area contributed by atoms with Crippen molar-refractivity contribution in [3.05, 3.63) is 71.9 Å². The number of carbonyl (C=O) groups excluding carboxylic acids is 6. The molecule has 6 rings (SSSR count). The summed E-state index contributed by atoms with van der Waals surface area (Å²) >= 11 is 0. The van der Waals surface area contributed by atoms with E-state index in [0.29, 0.717) is 32.1 Å². The maximum absolute atomic E-state index is 14.4. The number of guanidine groups is 1. The fourth-order valence-electron chi connectivity index (χ4n) is 8.76. The van der Waals surface area contributed by atoms with E-state index in [9.17, 15) is 28.8 Å². The van der Waals surface area contributed by atoms with Crippen molar-refractivity contribution in [3.8, 4) is 0 Å². The van der Waals surface area contributed by atoms with Crippen molar-refractivity contribution in [2.24, 2.45) is 11.7 Å². The molecule has 0 bridgehead atoms. The van der Waals surface area contributed by atoms with Crippen molar-refractivity contribution >= 4 is 52.2 Å². The Balaban J connectivity index is 1.31. The average Bonchev–Trinajstić information content (AvgIpc) is 3.90. The number of H-pyrrole nitrogens is 1. The van der Waals surface area contributed by atoms with Crippen molar-refractivity contribution in [1.82, 2.24) is 36.5 Å². The number of ketones is 1. The third-order valence-corrected chi connectivity index (χ3v) is 12.0. The topological polar surface area (TPSA) is 231 Å². The first-order valence-electron chi connectivity index (χ1n) is 21.3. The second-order valence-electron chi connectivity index (χ2n) is 16.3. The zero-order chi connectivity index (χ0) is 41.7. The van der Waals surface area contributed by atoms with Crippen molar-refractivity contribution in [1.29, 1.82) is 5.41 Å². The van der Waals surface area contributed by atoms with E-state index in [1.165, 1.54) is 4.90 Å². The van der Waals surface area contributed by atoms with Crippen LogP contribution in [0.2, 0.25) is 0 Å². The van der Waals surface area contributed by atoms with E-state index >= 15 is 0 Å². The molecule has 0 radical (unpaired) electrons. The Kier molecular flexibility index (Phi) is 15.1. The van der Waals surface area contributed by atoms with Crippen molar-refractivity contribution in [2.45, 2.75) is 127 Å². The fourth-order valence-corrected chi connectivity index (χ4v) is 8.76. The summed E-state index contributed by atoms with van der Waals surface area (Å²) in [6.45, 7) is 0.567. The molecule has 3 heterocycles. The third-order valence-electron chi connectivity index (χ3n) is 12.0. The molecule has 3 aromatic rings. The lowest BCUT2D eigenvalue weighted by molar-refractivity contribution is -0.143. The SMILES string of the molecule is N=C(N)NCCC[C@@H]1NC(=O)[C@H](Cc2c[nH]c3ccccc23)NC(=O)[C@@H](CC2CCCCC2)NC(=O)[C@@H]2CCCN2C(=O)[C@@H](NC(=O)CCc2ccccc2)CCC1=O. The normalized spacial score (nSPS) is 23.9. The molecule has 1 saturated carbocycles. The number of aromatic amines is 1. The molecule has 0 unspecified atom stereocenters. The number of aromatic nitrogens is 1. The lowest BCUT2D eigenvalue weighted by Crippen LogP contribution is -2.59. The molecule has 15 heteroatoms. The number of carbonyl (C=O) groups is 6. The van der Waals surface area contributed by atoms with Crippen LogP contribution >= 0.6 is 0 Å². The van der Waals surface area contributed by atoms with Crippen molar-refractivity contribution < 1.29 is 28.8 Å². The Bertz CT molecular complexity index is 1960. The van der Waals surface area contributed by atoms with E-state index in [4.69, 9.17) is 11.1 Å². The van der Waals surface area contributed by atoms with Gasteiger partial charge in [-0.25, -0.2) is 0 Å². The summed E-state index contributed by atoms with van der Waals surface area (Å²) in [5, 5.41) is 22.9. The summed E-state index contributed by atoms with van der Waals surface area (Å²) in [7, 11) is 0. The highest BCUT2D eigenvalue weighted by Crippen LogP contribution is 2.28.